The number of phenolic OH excluding ortho intramolecular Hbond substituents is 1. The lowest BCUT2D eigenvalue weighted by atomic mass is 10.1. The molecule has 0 aliphatic heterocycles. The Hall–Kier alpha value is -0.450. The lowest BCUT2D eigenvalue weighted by Gasteiger charge is -2.23. The fraction of sp³-hybridized carbons (Fsp3) is 0.455. The number of halogens is 2. The summed E-state index contributed by atoms with van der Waals surface area (Å²) in [5.41, 5.74) is 0. The van der Waals surface area contributed by atoms with Gasteiger partial charge in [0.25, 0.3) is 0 Å². The molecule has 0 heterocycles. The molecule has 0 saturated carbocycles. The number of rotatable bonds is 4. The van der Waals surface area contributed by atoms with Gasteiger partial charge in [0.1, 0.15) is 12.7 Å². The second-order valence-electron chi connectivity index (χ2n) is 4.00. The molecule has 0 bridgehead atoms. The number of aliphatic hydroxyl groups is 1. The quantitative estimate of drug-likeness (QED) is 0.841. The van der Waals surface area contributed by atoms with E-state index in [-0.39, 0.29) is 12.4 Å². The molecule has 1 aromatic carbocycles. The van der Waals surface area contributed by atoms with E-state index in [2.05, 4.69) is 15.9 Å². The molecule has 0 unspecified atom stereocenters. The van der Waals surface area contributed by atoms with Crippen LogP contribution in [0.15, 0.2) is 22.7 Å². The lowest BCUT2D eigenvalue weighted by molar-refractivity contribution is 0.0795. The smallest absolute Gasteiger partial charge is 0.161 e. The van der Waals surface area contributed by atoms with Crippen LogP contribution in [0, 0.1) is 0 Å². The first-order valence-electron chi connectivity index (χ1n) is 4.79. The number of alkyl halides is 1. The van der Waals surface area contributed by atoms with Gasteiger partial charge in [0, 0.05) is 4.47 Å². The lowest BCUT2D eigenvalue weighted by Crippen LogP contribution is -2.35. The number of phenols is 1. The maximum Gasteiger partial charge on any atom is 0.161 e. The Kier molecular flexibility index (Phi) is 4.47. The maximum absolute atomic E-state index is 9.64. The summed E-state index contributed by atoms with van der Waals surface area (Å²) in [6, 6.07) is 4.88. The van der Waals surface area contributed by atoms with Crippen molar-refractivity contribution in [2.24, 2.45) is 0 Å². The Balaban J connectivity index is 2.62. The highest BCUT2D eigenvalue weighted by molar-refractivity contribution is 9.10. The number of ether oxygens (including phenoxy) is 1. The fourth-order valence-electron chi connectivity index (χ4n) is 0.979. The van der Waals surface area contributed by atoms with Gasteiger partial charge in [0.05, 0.1) is 4.87 Å². The summed E-state index contributed by atoms with van der Waals surface area (Å²) in [5, 5.41) is 19.2. The second kappa shape index (κ2) is 5.25. The third-order valence-electron chi connectivity index (χ3n) is 2.11. The summed E-state index contributed by atoms with van der Waals surface area (Å²) in [6.45, 7) is 3.43. The minimum Gasteiger partial charge on any atom is -0.504 e. The summed E-state index contributed by atoms with van der Waals surface area (Å²) in [7, 11) is 0. The predicted octanol–water partition coefficient (Wildman–Crippen LogP) is 2.91. The highest BCUT2D eigenvalue weighted by atomic mass is 79.9. The Bertz CT molecular complexity index is 363. The average molecular weight is 310 g/mol. The minimum atomic E-state index is -0.808. The van der Waals surface area contributed by atoms with Gasteiger partial charge in [-0.2, -0.15) is 0 Å². The molecule has 1 aromatic rings. The molecule has 0 amide bonds. The molecule has 0 aromatic heterocycles. The van der Waals surface area contributed by atoms with Gasteiger partial charge in [-0.25, -0.2) is 0 Å². The number of aliphatic hydroxyl groups excluding tert-OH is 1. The van der Waals surface area contributed by atoms with Crippen LogP contribution in [-0.4, -0.2) is 27.8 Å². The zero-order valence-electron chi connectivity index (χ0n) is 9.08. The van der Waals surface area contributed by atoms with Gasteiger partial charge in [0.2, 0.25) is 0 Å². The summed E-state index contributed by atoms with van der Waals surface area (Å²) in [5.74, 6) is 0.345. The minimum absolute atomic E-state index is 0.0222. The first-order chi connectivity index (χ1) is 7.30. The van der Waals surface area contributed by atoms with Gasteiger partial charge >= 0.3 is 0 Å². The highest BCUT2D eigenvalue weighted by Crippen LogP contribution is 2.29. The summed E-state index contributed by atoms with van der Waals surface area (Å²) < 4.78 is 6.03. The maximum atomic E-state index is 9.64. The molecular weight excluding hydrogens is 295 g/mol. The van der Waals surface area contributed by atoms with Gasteiger partial charge in [-0.1, -0.05) is 15.9 Å². The van der Waals surface area contributed by atoms with Crippen molar-refractivity contribution in [3.05, 3.63) is 22.7 Å². The van der Waals surface area contributed by atoms with Crippen LogP contribution in [0.4, 0.5) is 0 Å². The molecule has 1 atom stereocenters. The van der Waals surface area contributed by atoms with Crippen LogP contribution in [-0.2, 0) is 0 Å². The van der Waals surface area contributed by atoms with Crippen molar-refractivity contribution in [1.82, 2.24) is 0 Å². The largest absolute Gasteiger partial charge is 0.504 e. The van der Waals surface area contributed by atoms with Crippen molar-refractivity contribution in [3.63, 3.8) is 0 Å². The van der Waals surface area contributed by atoms with E-state index in [9.17, 15) is 10.2 Å². The first-order valence-corrected chi connectivity index (χ1v) is 5.96. The monoisotopic (exact) mass is 308 g/mol. The zero-order chi connectivity index (χ0) is 12.3. The standard InChI is InChI=1S/C11H14BrClO3/c1-11(2,13)10(15)6-16-9-4-3-7(12)5-8(9)14/h3-5,10,14-15H,6H2,1-2H3/t10-/m0/s1. The van der Waals surface area contributed by atoms with E-state index in [4.69, 9.17) is 16.3 Å². The third kappa shape index (κ3) is 3.85. The number of hydrogen-bond acceptors (Lipinski definition) is 3. The number of benzene rings is 1. The molecule has 1 rings (SSSR count). The normalized spacial score (nSPS) is 13.6. The molecule has 90 valence electrons. The molecule has 16 heavy (non-hydrogen) atoms. The zero-order valence-corrected chi connectivity index (χ0v) is 11.4. The summed E-state index contributed by atoms with van der Waals surface area (Å²) >= 11 is 9.14. The van der Waals surface area contributed by atoms with Crippen LogP contribution in [0.2, 0.25) is 0 Å². The molecule has 0 radical (unpaired) electrons. The molecule has 2 N–H and O–H groups in total. The van der Waals surface area contributed by atoms with Crippen LogP contribution in [0.25, 0.3) is 0 Å². The van der Waals surface area contributed by atoms with Crippen LogP contribution >= 0.6 is 27.5 Å². The molecule has 0 fully saturated rings. The third-order valence-corrected chi connectivity index (χ3v) is 2.86. The highest BCUT2D eigenvalue weighted by Gasteiger charge is 2.25. The Morgan fingerprint density at radius 1 is 1.50 bits per heavy atom. The Morgan fingerprint density at radius 3 is 2.62 bits per heavy atom. The van der Waals surface area contributed by atoms with Gasteiger partial charge in [-0.05, 0) is 32.0 Å². The van der Waals surface area contributed by atoms with Crippen LogP contribution < -0.4 is 4.74 Å². The van der Waals surface area contributed by atoms with Crippen molar-refractivity contribution in [2.45, 2.75) is 24.8 Å². The predicted molar refractivity (Wildman–Crippen MR) is 67.2 cm³/mol. The van der Waals surface area contributed by atoms with Crippen LogP contribution in [0.5, 0.6) is 11.5 Å². The molecule has 0 saturated heterocycles. The molecule has 0 aliphatic carbocycles. The van der Waals surface area contributed by atoms with E-state index in [1.54, 1.807) is 26.0 Å². The topological polar surface area (TPSA) is 49.7 Å². The van der Waals surface area contributed by atoms with E-state index in [0.717, 1.165) is 4.47 Å². The van der Waals surface area contributed by atoms with E-state index >= 15 is 0 Å². The van der Waals surface area contributed by atoms with Gasteiger partial charge < -0.3 is 14.9 Å². The van der Waals surface area contributed by atoms with E-state index in [1.165, 1.54) is 6.07 Å². The SMILES string of the molecule is CC(C)(Cl)[C@@H](O)COc1ccc(Br)cc1O. The molecule has 0 spiro atoms. The molecule has 0 aliphatic rings. The van der Waals surface area contributed by atoms with E-state index in [1.807, 2.05) is 0 Å². The number of aromatic hydroxyl groups is 1. The van der Waals surface area contributed by atoms with Crippen molar-refractivity contribution in [1.29, 1.82) is 0 Å². The fourth-order valence-corrected chi connectivity index (χ4v) is 1.39. The van der Waals surface area contributed by atoms with Gasteiger partial charge in [0.15, 0.2) is 11.5 Å². The van der Waals surface area contributed by atoms with Crippen molar-refractivity contribution in [3.8, 4) is 11.5 Å². The Labute approximate surface area is 108 Å². The molecule has 3 nitrogen and oxygen atoms in total. The second-order valence-corrected chi connectivity index (χ2v) is 5.89. The van der Waals surface area contributed by atoms with Crippen molar-refractivity contribution >= 4 is 27.5 Å². The van der Waals surface area contributed by atoms with Crippen molar-refractivity contribution in [2.75, 3.05) is 6.61 Å². The number of hydrogen-bond donors (Lipinski definition) is 2. The van der Waals surface area contributed by atoms with Gasteiger partial charge in [-0.15, -0.1) is 11.6 Å². The van der Waals surface area contributed by atoms with E-state index < -0.39 is 11.0 Å². The molecule has 5 heteroatoms. The van der Waals surface area contributed by atoms with Crippen LogP contribution in [0.1, 0.15) is 13.8 Å². The van der Waals surface area contributed by atoms with Gasteiger partial charge in [-0.3, -0.25) is 0 Å². The van der Waals surface area contributed by atoms with Crippen molar-refractivity contribution < 1.29 is 14.9 Å². The van der Waals surface area contributed by atoms with Crippen LogP contribution in [0.3, 0.4) is 0 Å². The summed E-state index contributed by atoms with van der Waals surface area (Å²) in [4.78, 5) is -0.759. The average Bonchev–Trinajstić information content (AvgIpc) is 2.14. The van der Waals surface area contributed by atoms with E-state index in [0.29, 0.717) is 5.75 Å². The summed E-state index contributed by atoms with van der Waals surface area (Å²) in [6.07, 6.45) is -0.808. The first kappa shape index (κ1) is 13.6. The Morgan fingerprint density at radius 2 is 2.12 bits per heavy atom. The molecular formula is C11H14BrClO3.